The predicted molar refractivity (Wildman–Crippen MR) is 97.6 cm³/mol. The highest BCUT2D eigenvalue weighted by Crippen LogP contribution is 2.09. The zero-order chi connectivity index (χ0) is 15.1. The summed E-state index contributed by atoms with van der Waals surface area (Å²) in [6.45, 7) is 8.05. The average molecular weight is 350 g/mol. The largest absolute Gasteiger partial charge is 0.352 e. The summed E-state index contributed by atoms with van der Waals surface area (Å²) >= 11 is 0. The lowest BCUT2D eigenvalue weighted by Crippen LogP contribution is -2.32. The van der Waals surface area contributed by atoms with E-state index in [9.17, 15) is 4.79 Å². The molecule has 0 aromatic heterocycles. The molecule has 0 aliphatic rings. The molecule has 128 valence electrons. The maximum atomic E-state index is 11.7. The molecule has 4 nitrogen and oxygen atoms in total. The first-order valence-corrected chi connectivity index (χ1v) is 7.20. The van der Waals surface area contributed by atoms with E-state index in [-0.39, 0.29) is 36.6 Å². The number of hydrogen-bond donors (Lipinski definition) is 2. The summed E-state index contributed by atoms with van der Waals surface area (Å²) in [6, 6.07) is 8.85. The molecule has 0 radical (unpaired) electrons. The van der Waals surface area contributed by atoms with E-state index in [1.165, 1.54) is 5.56 Å². The monoisotopic (exact) mass is 349 g/mol. The maximum absolute atomic E-state index is 11.7. The Bertz CT molecular complexity index is 441. The first-order valence-electron chi connectivity index (χ1n) is 7.20. The highest BCUT2D eigenvalue weighted by molar-refractivity contribution is 5.85. The Kier molecular flexibility index (Phi) is 12.5. The van der Waals surface area contributed by atoms with Crippen molar-refractivity contribution in [1.82, 2.24) is 10.2 Å². The van der Waals surface area contributed by atoms with Crippen molar-refractivity contribution in [1.29, 1.82) is 0 Å². The van der Waals surface area contributed by atoms with Crippen molar-refractivity contribution in [3.63, 3.8) is 0 Å². The van der Waals surface area contributed by atoms with Crippen LogP contribution in [0.3, 0.4) is 0 Å². The van der Waals surface area contributed by atoms with Gasteiger partial charge >= 0.3 is 0 Å². The Hall–Kier alpha value is -0.810. The Morgan fingerprint density at radius 3 is 2.36 bits per heavy atom. The van der Waals surface area contributed by atoms with Crippen molar-refractivity contribution in [3.05, 3.63) is 35.4 Å². The predicted octanol–water partition coefficient (Wildman–Crippen LogP) is 2.58. The van der Waals surface area contributed by atoms with Gasteiger partial charge in [-0.25, -0.2) is 0 Å². The van der Waals surface area contributed by atoms with Crippen LogP contribution in [0.4, 0.5) is 0 Å². The van der Waals surface area contributed by atoms with Crippen LogP contribution in [0.2, 0.25) is 0 Å². The molecule has 6 heteroatoms. The minimum Gasteiger partial charge on any atom is -0.352 e. The van der Waals surface area contributed by atoms with Crippen LogP contribution in [0.1, 0.15) is 31.9 Å². The Morgan fingerprint density at radius 1 is 1.23 bits per heavy atom. The number of rotatable bonds is 7. The van der Waals surface area contributed by atoms with Crippen molar-refractivity contribution in [3.8, 4) is 0 Å². The lowest BCUT2D eigenvalue weighted by Gasteiger charge is -2.21. The quantitative estimate of drug-likeness (QED) is 0.795. The first-order chi connectivity index (χ1) is 9.43. The lowest BCUT2D eigenvalue weighted by atomic mass is 10.1. The second-order valence-corrected chi connectivity index (χ2v) is 5.68. The van der Waals surface area contributed by atoms with Gasteiger partial charge in [-0.1, -0.05) is 31.2 Å². The third kappa shape index (κ3) is 7.99. The molecule has 0 fully saturated rings. The molecule has 1 amide bonds. The van der Waals surface area contributed by atoms with Crippen molar-refractivity contribution in [2.75, 3.05) is 13.6 Å². The first kappa shape index (κ1) is 23.5. The maximum Gasteiger partial charge on any atom is 0.224 e. The number of halogens is 2. The number of carbonyl (C=O) groups excluding carboxylic acids is 1. The van der Waals surface area contributed by atoms with E-state index in [1.54, 1.807) is 0 Å². The molecule has 1 aromatic carbocycles. The number of nitrogens with two attached hydrogens (primary N) is 1. The normalized spacial score (nSPS) is 11.6. The molecule has 1 atom stereocenters. The van der Waals surface area contributed by atoms with Gasteiger partial charge in [-0.15, -0.1) is 24.8 Å². The van der Waals surface area contributed by atoms with Crippen LogP contribution in [-0.2, 0) is 17.9 Å². The minimum atomic E-state index is -0.134. The van der Waals surface area contributed by atoms with Gasteiger partial charge in [0, 0.05) is 31.6 Å². The summed E-state index contributed by atoms with van der Waals surface area (Å²) < 4.78 is 0. The molecule has 0 aliphatic heterocycles. The van der Waals surface area contributed by atoms with Crippen molar-refractivity contribution >= 4 is 30.7 Å². The fraction of sp³-hybridized carbons (Fsp3) is 0.562. The van der Waals surface area contributed by atoms with E-state index in [4.69, 9.17) is 5.73 Å². The Morgan fingerprint density at radius 2 is 1.82 bits per heavy atom. The summed E-state index contributed by atoms with van der Waals surface area (Å²) in [5, 5.41) is 2.92. The lowest BCUT2D eigenvalue weighted by molar-refractivity contribution is -0.124. The van der Waals surface area contributed by atoms with Gasteiger partial charge in [0.15, 0.2) is 0 Å². The van der Waals surface area contributed by atoms with E-state index in [0.717, 1.165) is 12.1 Å². The number of amides is 1. The summed E-state index contributed by atoms with van der Waals surface area (Å²) in [5.74, 6) is -0.123. The number of nitrogens with zero attached hydrogens (tertiary/aromatic N) is 1. The minimum absolute atomic E-state index is 0. The molecule has 0 aliphatic carbocycles. The molecule has 3 N–H and O–H groups in total. The van der Waals surface area contributed by atoms with Crippen LogP contribution in [0, 0.1) is 5.92 Å². The van der Waals surface area contributed by atoms with Crippen LogP contribution >= 0.6 is 24.8 Å². The molecular weight excluding hydrogens is 321 g/mol. The van der Waals surface area contributed by atoms with Gasteiger partial charge in [-0.05, 0) is 32.0 Å². The molecule has 1 aromatic rings. The highest BCUT2D eigenvalue weighted by Gasteiger charge is 2.10. The Labute approximate surface area is 146 Å². The zero-order valence-corrected chi connectivity index (χ0v) is 15.5. The number of carbonyl (C=O) groups is 1. The fourth-order valence-electron chi connectivity index (χ4n) is 1.78. The van der Waals surface area contributed by atoms with Crippen molar-refractivity contribution in [2.45, 2.75) is 39.9 Å². The van der Waals surface area contributed by atoms with E-state index in [1.807, 2.05) is 19.1 Å². The van der Waals surface area contributed by atoms with Gasteiger partial charge in [0.1, 0.15) is 0 Å². The SMILES string of the molecule is CC(CN)C(=O)NCc1cccc(CN(C)C(C)C)c1.Cl.Cl. The molecular formula is C16H29Cl2N3O. The van der Waals surface area contributed by atoms with Gasteiger partial charge < -0.3 is 11.1 Å². The topological polar surface area (TPSA) is 58.4 Å². The molecule has 0 saturated heterocycles. The number of hydrogen-bond acceptors (Lipinski definition) is 3. The molecule has 0 heterocycles. The van der Waals surface area contributed by atoms with E-state index in [0.29, 0.717) is 19.1 Å². The number of benzene rings is 1. The zero-order valence-electron chi connectivity index (χ0n) is 13.8. The number of nitrogens with one attached hydrogen (secondary N) is 1. The van der Waals surface area contributed by atoms with Crippen molar-refractivity contribution < 1.29 is 4.79 Å². The molecule has 1 unspecified atom stereocenters. The molecule has 22 heavy (non-hydrogen) atoms. The summed E-state index contributed by atoms with van der Waals surface area (Å²) in [6.07, 6.45) is 0. The third-order valence-electron chi connectivity index (χ3n) is 3.57. The molecule has 0 saturated carbocycles. The molecule has 0 bridgehead atoms. The van der Waals surface area contributed by atoms with E-state index in [2.05, 4.69) is 43.2 Å². The van der Waals surface area contributed by atoms with Gasteiger partial charge in [0.25, 0.3) is 0 Å². The van der Waals surface area contributed by atoms with Crippen LogP contribution in [0.25, 0.3) is 0 Å². The average Bonchev–Trinajstić information content (AvgIpc) is 2.44. The third-order valence-corrected chi connectivity index (χ3v) is 3.57. The van der Waals surface area contributed by atoms with E-state index >= 15 is 0 Å². The standard InChI is InChI=1S/C16H27N3O.2ClH/c1-12(2)19(4)11-15-7-5-6-14(8-15)10-18-16(20)13(3)9-17;;/h5-8,12-13H,9-11,17H2,1-4H3,(H,18,20);2*1H. The summed E-state index contributed by atoms with van der Waals surface area (Å²) in [5.41, 5.74) is 7.87. The van der Waals surface area contributed by atoms with Crippen molar-refractivity contribution in [2.24, 2.45) is 11.7 Å². The summed E-state index contributed by atoms with van der Waals surface area (Å²) in [7, 11) is 2.11. The molecule has 1 rings (SSSR count). The fourth-order valence-corrected chi connectivity index (χ4v) is 1.78. The highest BCUT2D eigenvalue weighted by atomic mass is 35.5. The van der Waals surface area contributed by atoms with Gasteiger partial charge in [-0.2, -0.15) is 0 Å². The van der Waals surface area contributed by atoms with Crippen LogP contribution < -0.4 is 11.1 Å². The van der Waals surface area contributed by atoms with Crippen LogP contribution in [-0.4, -0.2) is 30.4 Å². The summed E-state index contributed by atoms with van der Waals surface area (Å²) in [4.78, 5) is 14.0. The van der Waals surface area contributed by atoms with Gasteiger partial charge in [0.2, 0.25) is 5.91 Å². The smallest absolute Gasteiger partial charge is 0.224 e. The van der Waals surface area contributed by atoms with Gasteiger partial charge in [-0.3, -0.25) is 9.69 Å². The Balaban J connectivity index is 0. The van der Waals surface area contributed by atoms with E-state index < -0.39 is 0 Å². The molecule has 0 spiro atoms. The second-order valence-electron chi connectivity index (χ2n) is 5.68. The van der Waals surface area contributed by atoms with Gasteiger partial charge in [0.05, 0.1) is 0 Å². The second kappa shape index (κ2) is 11.7. The van der Waals surface area contributed by atoms with Crippen LogP contribution in [0.5, 0.6) is 0 Å². The van der Waals surface area contributed by atoms with Crippen LogP contribution in [0.15, 0.2) is 24.3 Å².